The van der Waals surface area contributed by atoms with Crippen molar-refractivity contribution in [3.63, 3.8) is 0 Å². The fraction of sp³-hybridized carbons (Fsp3) is 0.278. The number of Topliss-reactive ketones (excluding diaryl/α,β-unsaturated/α-hetero) is 1. The lowest BCUT2D eigenvalue weighted by Crippen LogP contribution is -2.20. The smallest absolute Gasteiger partial charge is 0.170 e. The third kappa shape index (κ3) is 2.80. The van der Waals surface area contributed by atoms with Gasteiger partial charge < -0.3 is 14.2 Å². The van der Waals surface area contributed by atoms with Crippen molar-refractivity contribution in [2.45, 2.75) is 18.9 Å². The second-order valence-electron chi connectivity index (χ2n) is 5.75. The van der Waals surface area contributed by atoms with Gasteiger partial charge in [-0.25, -0.2) is 0 Å². The largest absolute Gasteiger partial charge is 0.490 e. The Morgan fingerprint density at radius 2 is 1.79 bits per heavy atom. The van der Waals surface area contributed by atoms with Gasteiger partial charge in [0.25, 0.3) is 0 Å². The Labute approximate surface area is 149 Å². The highest BCUT2D eigenvalue weighted by molar-refractivity contribution is 6.36. The van der Waals surface area contributed by atoms with Crippen molar-refractivity contribution in [1.82, 2.24) is 0 Å². The van der Waals surface area contributed by atoms with Gasteiger partial charge in [0.2, 0.25) is 0 Å². The first-order valence-corrected chi connectivity index (χ1v) is 8.46. The molecular weight excluding hydrogens is 351 g/mol. The Morgan fingerprint density at radius 1 is 1.00 bits per heavy atom. The van der Waals surface area contributed by atoms with Crippen LogP contribution in [0, 0.1) is 0 Å². The van der Waals surface area contributed by atoms with Crippen molar-refractivity contribution in [3.8, 4) is 17.2 Å². The fourth-order valence-electron chi connectivity index (χ4n) is 2.92. The first-order valence-electron chi connectivity index (χ1n) is 7.70. The van der Waals surface area contributed by atoms with Gasteiger partial charge >= 0.3 is 0 Å². The van der Waals surface area contributed by atoms with E-state index in [0.717, 1.165) is 12.0 Å². The number of halogens is 2. The van der Waals surface area contributed by atoms with E-state index in [0.29, 0.717) is 46.1 Å². The molecule has 0 fully saturated rings. The second-order valence-corrected chi connectivity index (χ2v) is 6.60. The molecule has 1 atom stereocenters. The van der Waals surface area contributed by atoms with E-state index in [2.05, 4.69) is 0 Å². The predicted molar refractivity (Wildman–Crippen MR) is 90.8 cm³/mol. The summed E-state index contributed by atoms with van der Waals surface area (Å²) in [5.41, 5.74) is 1.28. The topological polar surface area (TPSA) is 44.8 Å². The van der Waals surface area contributed by atoms with Crippen molar-refractivity contribution in [3.05, 3.63) is 51.5 Å². The first-order chi connectivity index (χ1) is 11.6. The van der Waals surface area contributed by atoms with Crippen LogP contribution in [0.25, 0.3) is 0 Å². The van der Waals surface area contributed by atoms with Gasteiger partial charge in [-0.05, 0) is 29.8 Å². The Kier molecular flexibility index (Phi) is 4.02. The maximum absolute atomic E-state index is 12.5. The maximum atomic E-state index is 12.5. The Bertz CT molecular complexity index is 819. The van der Waals surface area contributed by atoms with E-state index in [9.17, 15) is 4.79 Å². The standard InChI is InChI=1S/C18H14Cl2O4/c19-11-7-12-14(21)9-16(24-18(12)13(20)8-11)10-2-3-15-17(6-10)23-5-1-4-22-15/h2-3,6-8,16H,1,4-5,9H2. The van der Waals surface area contributed by atoms with Crippen LogP contribution < -0.4 is 14.2 Å². The lowest BCUT2D eigenvalue weighted by atomic mass is 9.96. The number of hydrogen-bond donors (Lipinski definition) is 0. The van der Waals surface area contributed by atoms with Crippen molar-refractivity contribution in [1.29, 1.82) is 0 Å². The summed E-state index contributed by atoms with van der Waals surface area (Å²) >= 11 is 12.2. The summed E-state index contributed by atoms with van der Waals surface area (Å²) in [6.45, 7) is 1.24. The molecule has 124 valence electrons. The third-order valence-corrected chi connectivity index (χ3v) is 4.58. The van der Waals surface area contributed by atoms with Crippen molar-refractivity contribution >= 4 is 29.0 Å². The molecule has 2 aliphatic heterocycles. The molecule has 0 radical (unpaired) electrons. The molecule has 0 saturated carbocycles. The average molecular weight is 365 g/mol. The SMILES string of the molecule is O=C1CC(c2ccc3c(c2)OCCCO3)Oc2c(Cl)cc(Cl)cc21. The molecule has 4 rings (SSSR count). The Morgan fingerprint density at radius 3 is 2.62 bits per heavy atom. The van der Waals surface area contributed by atoms with Crippen molar-refractivity contribution in [2.24, 2.45) is 0 Å². The molecule has 2 aromatic rings. The van der Waals surface area contributed by atoms with Crippen LogP contribution in [0.15, 0.2) is 30.3 Å². The van der Waals surface area contributed by atoms with Crippen LogP contribution in [0.5, 0.6) is 17.2 Å². The monoisotopic (exact) mass is 364 g/mol. The van der Waals surface area contributed by atoms with E-state index < -0.39 is 6.10 Å². The summed E-state index contributed by atoms with van der Waals surface area (Å²) in [5, 5.41) is 0.759. The van der Waals surface area contributed by atoms with E-state index in [4.69, 9.17) is 37.4 Å². The molecule has 24 heavy (non-hydrogen) atoms. The van der Waals surface area contributed by atoms with Gasteiger partial charge in [-0.15, -0.1) is 0 Å². The van der Waals surface area contributed by atoms with Gasteiger partial charge in [-0.2, -0.15) is 0 Å². The predicted octanol–water partition coefficient (Wildman–Crippen LogP) is 4.86. The maximum Gasteiger partial charge on any atom is 0.170 e. The molecule has 0 saturated heterocycles. The highest BCUT2D eigenvalue weighted by Crippen LogP contribution is 2.42. The molecule has 0 bridgehead atoms. The normalized spacial score (nSPS) is 19.2. The summed E-state index contributed by atoms with van der Waals surface area (Å²) in [6.07, 6.45) is 0.649. The fourth-order valence-corrected chi connectivity index (χ4v) is 3.45. The van der Waals surface area contributed by atoms with Gasteiger partial charge in [-0.3, -0.25) is 4.79 Å². The number of ketones is 1. The highest BCUT2D eigenvalue weighted by atomic mass is 35.5. The van der Waals surface area contributed by atoms with E-state index in [1.165, 1.54) is 0 Å². The van der Waals surface area contributed by atoms with Crippen molar-refractivity contribution < 1.29 is 19.0 Å². The van der Waals surface area contributed by atoms with Gasteiger partial charge in [0.05, 0.1) is 30.2 Å². The van der Waals surface area contributed by atoms with Crippen molar-refractivity contribution in [2.75, 3.05) is 13.2 Å². The number of carbonyl (C=O) groups excluding carboxylic acids is 1. The first kappa shape index (κ1) is 15.6. The number of ether oxygens (including phenoxy) is 3. The number of fused-ring (bicyclic) bond motifs is 2. The second kappa shape index (κ2) is 6.19. The number of hydrogen-bond acceptors (Lipinski definition) is 4. The molecule has 0 amide bonds. The molecule has 0 spiro atoms. The summed E-state index contributed by atoms with van der Waals surface area (Å²) in [4.78, 5) is 12.5. The zero-order chi connectivity index (χ0) is 16.7. The molecule has 0 aromatic heterocycles. The molecule has 2 heterocycles. The van der Waals surface area contributed by atoms with E-state index in [1.54, 1.807) is 12.1 Å². The molecule has 6 heteroatoms. The summed E-state index contributed by atoms with van der Waals surface area (Å²) in [5.74, 6) is 1.73. The number of rotatable bonds is 1. The summed E-state index contributed by atoms with van der Waals surface area (Å²) in [6, 6.07) is 8.78. The number of benzene rings is 2. The van der Waals surface area contributed by atoms with Gasteiger partial charge in [0, 0.05) is 11.4 Å². The molecule has 4 nitrogen and oxygen atoms in total. The average Bonchev–Trinajstić information content (AvgIpc) is 2.80. The third-order valence-electron chi connectivity index (χ3n) is 4.08. The van der Waals surface area contributed by atoms with Gasteiger partial charge in [0.15, 0.2) is 17.3 Å². The van der Waals surface area contributed by atoms with Crippen LogP contribution in [0.2, 0.25) is 10.0 Å². The Hall–Kier alpha value is -1.91. The van der Waals surface area contributed by atoms with Crippen LogP contribution in [0.4, 0.5) is 0 Å². The highest BCUT2D eigenvalue weighted by Gasteiger charge is 2.30. The summed E-state index contributed by atoms with van der Waals surface area (Å²) < 4.78 is 17.3. The van der Waals surface area contributed by atoms with Gasteiger partial charge in [0.1, 0.15) is 11.9 Å². The molecular formula is C18H14Cl2O4. The zero-order valence-electron chi connectivity index (χ0n) is 12.7. The molecule has 0 N–H and O–H groups in total. The zero-order valence-corrected chi connectivity index (χ0v) is 14.2. The van der Waals surface area contributed by atoms with E-state index in [1.807, 2.05) is 18.2 Å². The minimum Gasteiger partial charge on any atom is -0.490 e. The Balaban J connectivity index is 1.69. The molecule has 2 aliphatic rings. The van der Waals surface area contributed by atoms with Crippen LogP contribution in [-0.2, 0) is 0 Å². The van der Waals surface area contributed by atoms with Crippen LogP contribution >= 0.6 is 23.2 Å². The van der Waals surface area contributed by atoms with Gasteiger partial charge in [-0.1, -0.05) is 29.3 Å². The lowest BCUT2D eigenvalue weighted by molar-refractivity contribution is 0.0850. The lowest BCUT2D eigenvalue weighted by Gasteiger charge is -2.27. The van der Waals surface area contributed by atoms with E-state index in [-0.39, 0.29) is 12.2 Å². The molecule has 2 aromatic carbocycles. The van der Waals surface area contributed by atoms with Crippen LogP contribution in [-0.4, -0.2) is 19.0 Å². The van der Waals surface area contributed by atoms with E-state index >= 15 is 0 Å². The minimum absolute atomic E-state index is 0.0437. The van der Waals surface area contributed by atoms with Crippen LogP contribution in [0.1, 0.15) is 34.9 Å². The van der Waals surface area contributed by atoms with Crippen LogP contribution in [0.3, 0.4) is 0 Å². The molecule has 0 aliphatic carbocycles. The number of carbonyl (C=O) groups is 1. The quantitative estimate of drug-likeness (QED) is 0.724. The summed E-state index contributed by atoms with van der Waals surface area (Å²) in [7, 11) is 0. The molecule has 1 unspecified atom stereocenters. The minimum atomic E-state index is -0.416.